The minimum Gasteiger partial charge on any atom is -0.460 e. The Morgan fingerprint density at radius 2 is 0.787 bits per heavy atom. The number of carbonyl (C=O) groups is 2. The topological polar surface area (TPSA) is 167 Å². The van der Waals surface area contributed by atoms with Gasteiger partial charge in [-0.1, -0.05) is 13.2 Å². The number of hydrogen-bond acceptors (Lipinski definition) is 14. The molecule has 0 aliphatic rings. The van der Waals surface area contributed by atoms with Gasteiger partial charge >= 0.3 is 11.9 Å². The van der Waals surface area contributed by atoms with Crippen molar-refractivity contribution in [1.82, 2.24) is 0 Å². The van der Waals surface area contributed by atoms with Crippen molar-refractivity contribution in [1.29, 1.82) is 0 Å². The summed E-state index contributed by atoms with van der Waals surface area (Å²) in [7, 11) is 0. The number of aliphatic hydroxyl groups excluding tert-OH is 2. The molecule has 14 nitrogen and oxygen atoms in total. The van der Waals surface area contributed by atoms with E-state index in [0.29, 0.717) is 90.4 Å². The van der Waals surface area contributed by atoms with Crippen LogP contribution in [-0.2, 0) is 57.0 Å². The van der Waals surface area contributed by atoms with Gasteiger partial charge in [0.25, 0.3) is 0 Å². The number of carbonyl (C=O) groups excluding carboxylic acids is 2. The summed E-state index contributed by atoms with van der Waals surface area (Å²) in [5, 5.41) is 18.0. The van der Waals surface area contributed by atoms with Crippen LogP contribution in [0.15, 0.2) is 24.3 Å². The summed E-state index contributed by atoms with van der Waals surface area (Å²) < 4.78 is 52.9. The first kappa shape index (κ1) is 47.1. The van der Waals surface area contributed by atoms with Gasteiger partial charge in [0.15, 0.2) is 0 Å². The van der Waals surface area contributed by atoms with Gasteiger partial charge in [0.05, 0.1) is 116 Å². The SMILES string of the molecule is C=C(C)C(=O)OCCOCCOCCOCCOCCOC(=O)C(=C)C.CC(O)COC(C)COC(C)COC(C)COC(C)CO. The number of esters is 2. The van der Waals surface area contributed by atoms with Gasteiger partial charge in [-0.15, -0.1) is 0 Å². The average Bonchev–Trinajstić information content (AvgIpc) is 3.03. The Bertz CT molecular complexity index is 751. The van der Waals surface area contributed by atoms with E-state index in [2.05, 4.69) is 13.2 Å². The molecule has 0 bridgehead atoms. The molecule has 0 aromatic heterocycles. The molecular formula is C33H62O14. The van der Waals surface area contributed by atoms with Crippen molar-refractivity contribution in [3.8, 4) is 0 Å². The van der Waals surface area contributed by atoms with Crippen LogP contribution in [0.5, 0.6) is 0 Å². The Hall–Kier alpha value is -1.98. The van der Waals surface area contributed by atoms with E-state index in [1.165, 1.54) is 0 Å². The lowest BCUT2D eigenvalue weighted by atomic mass is 10.3. The normalized spacial score (nSPS) is 14.2. The van der Waals surface area contributed by atoms with E-state index in [0.717, 1.165) is 0 Å². The fourth-order valence-corrected chi connectivity index (χ4v) is 2.79. The van der Waals surface area contributed by atoms with E-state index in [1.807, 2.05) is 27.7 Å². The first-order valence-electron chi connectivity index (χ1n) is 16.0. The molecule has 0 radical (unpaired) electrons. The summed E-state index contributed by atoms with van der Waals surface area (Å²) in [6.07, 6.45) is -0.783. The van der Waals surface area contributed by atoms with Crippen molar-refractivity contribution < 1.29 is 67.2 Å². The van der Waals surface area contributed by atoms with Gasteiger partial charge in [0, 0.05) is 11.1 Å². The first-order chi connectivity index (χ1) is 22.3. The Labute approximate surface area is 281 Å². The molecule has 0 aromatic carbocycles. The van der Waals surface area contributed by atoms with E-state index in [1.54, 1.807) is 20.8 Å². The van der Waals surface area contributed by atoms with Gasteiger partial charge in [-0.2, -0.15) is 0 Å². The highest BCUT2D eigenvalue weighted by atomic mass is 16.6. The second kappa shape index (κ2) is 32.6. The fourth-order valence-electron chi connectivity index (χ4n) is 2.79. The van der Waals surface area contributed by atoms with Crippen LogP contribution in [0.4, 0.5) is 0 Å². The van der Waals surface area contributed by atoms with E-state index in [9.17, 15) is 9.59 Å². The molecular weight excluding hydrogens is 620 g/mol. The van der Waals surface area contributed by atoms with Gasteiger partial charge < -0.3 is 57.6 Å². The third-order valence-electron chi connectivity index (χ3n) is 5.46. The first-order valence-corrected chi connectivity index (χ1v) is 16.0. The molecule has 0 aliphatic heterocycles. The van der Waals surface area contributed by atoms with Crippen molar-refractivity contribution in [2.45, 2.75) is 79.0 Å². The summed E-state index contributed by atoms with van der Waals surface area (Å²) in [5.41, 5.74) is 0.731. The Balaban J connectivity index is 0. The minimum atomic E-state index is -0.463. The number of ether oxygens (including phenoxy) is 10. The third-order valence-corrected chi connectivity index (χ3v) is 5.46. The molecule has 0 spiro atoms. The van der Waals surface area contributed by atoms with Crippen LogP contribution in [0.2, 0.25) is 0 Å². The van der Waals surface area contributed by atoms with Gasteiger partial charge in [0.1, 0.15) is 13.2 Å². The molecule has 0 amide bonds. The zero-order chi connectivity index (χ0) is 35.9. The second-order valence-electron chi connectivity index (χ2n) is 10.9. The second-order valence-corrected chi connectivity index (χ2v) is 10.9. The fraction of sp³-hybridized carbons (Fsp3) is 0.818. The molecule has 47 heavy (non-hydrogen) atoms. The Morgan fingerprint density at radius 3 is 1.06 bits per heavy atom. The molecule has 2 N–H and O–H groups in total. The predicted octanol–water partition coefficient (Wildman–Crippen LogP) is 2.27. The number of hydrogen-bond donors (Lipinski definition) is 2. The van der Waals surface area contributed by atoms with E-state index < -0.39 is 18.0 Å². The highest BCUT2D eigenvalue weighted by Gasteiger charge is 2.12. The van der Waals surface area contributed by atoms with E-state index in [4.69, 9.17) is 57.6 Å². The molecule has 5 unspecified atom stereocenters. The molecule has 0 aliphatic carbocycles. The standard InChI is InChI=1S/C18H30O8.C15H32O6/c1-15(2)17(19)25-13-11-23-9-7-21-5-6-22-8-10-24-12-14-26-18(20)16(3)4;1-11(17)7-18-13(3)9-20-15(5)10-21-14(4)8-19-12(2)6-16/h1,3,5-14H2,2,4H3;11-17H,6-10H2,1-5H3. The Morgan fingerprint density at radius 1 is 0.511 bits per heavy atom. The molecule has 5 atom stereocenters. The zero-order valence-corrected chi connectivity index (χ0v) is 29.7. The molecule has 278 valence electrons. The minimum absolute atomic E-state index is 0.0105. The maximum absolute atomic E-state index is 11.1. The number of aliphatic hydroxyl groups is 2. The molecule has 0 rings (SSSR count). The van der Waals surface area contributed by atoms with Crippen LogP contribution in [0.1, 0.15) is 48.5 Å². The van der Waals surface area contributed by atoms with Gasteiger partial charge in [0.2, 0.25) is 0 Å². The summed E-state index contributed by atoms with van der Waals surface area (Å²) >= 11 is 0. The zero-order valence-electron chi connectivity index (χ0n) is 29.7. The highest BCUT2D eigenvalue weighted by molar-refractivity contribution is 5.87. The maximum atomic E-state index is 11.1. The summed E-state index contributed by atoms with van der Waals surface area (Å²) in [6.45, 7) is 24.7. The maximum Gasteiger partial charge on any atom is 0.333 e. The van der Waals surface area contributed by atoms with Crippen LogP contribution in [0, 0.1) is 0 Å². The quantitative estimate of drug-likeness (QED) is 0.0643. The van der Waals surface area contributed by atoms with Crippen molar-refractivity contribution in [2.24, 2.45) is 0 Å². The van der Waals surface area contributed by atoms with Crippen molar-refractivity contribution >= 4 is 11.9 Å². The van der Waals surface area contributed by atoms with Crippen LogP contribution in [0.25, 0.3) is 0 Å². The molecule has 0 aromatic rings. The van der Waals surface area contributed by atoms with Crippen LogP contribution in [-0.4, -0.2) is 152 Å². The summed E-state index contributed by atoms with van der Waals surface area (Å²) in [4.78, 5) is 22.2. The van der Waals surface area contributed by atoms with Crippen molar-refractivity contribution in [3.63, 3.8) is 0 Å². The smallest absolute Gasteiger partial charge is 0.333 e. The lowest BCUT2D eigenvalue weighted by molar-refractivity contribution is -0.141. The lowest BCUT2D eigenvalue weighted by Gasteiger charge is -2.21. The molecule has 0 heterocycles. The van der Waals surface area contributed by atoms with Gasteiger partial charge in [-0.05, 0) is 48.5 Å². The van der Waals surface area contributed by atoms with E-state index >= 15 is 0 Å². The van der Waals surface area contributed by atoms with Crippen molar-refractivity contribution in [3.05, 3.63) is 24.3 Å². The molecule has 0 saturated carbocycles. The third kappa shape index (κ3) is 35.2. The average molecular weight is 683 g/mol. The van der Waals surface area contributed by atoms with Gasteiger partial charge in [-0.25, -0.2) is 9.59 Å². The summed E-state index contributed by atoms with van der Waals surface area (Å²) in [5.74, 6) is -0.835. The lowest BCUT2D eigenvalue weighted by Crippen LogP contribution is -2.28. The van der Waals surface area contributed by atoms with E-state index in [-0.39, 0.29) is 44.2 Å². The molecule has 14 heteroatoms. The molecule has 0 saturated heterocycles. The van der Waals surface area contributed by atoms with Crippen LogP contribution < -0.4 is 0 Å². The Kier molecular flexibility index (Phi) is 32.7. The van der Waals surface area contributed by atoms with Gasteiger partial charge in [-0.3, -0.25) is 0 Å². The van der Waals surface area contributed by atoms with Crippen LogP contribution in [0.3, 0.4) is 0 Å². The largest absolute Gasteiger partial charge is 0.460 e. The number of rotatable bonds is 30. The highest BCUT2D eigenvalue weighted by Crippen LogP contribution is 2.02. The molecule has 0 fully saturated rings. The van der Waals surface area contributed by atoms with Crippen LogP contribution >= 0.6 is 0 Å². The predicted molar refractivity (Wildman–Crippen MR) is 175 cm³/mol. The summed E-state index contributed by atoms with van der Waals surface area (Å²) in [6, 6.07) is 0. The monoisotopic (exact) mass is 682 g/mol. The van der Waals surface area contributed by atoms with Crippen molar-refractivity contribution in [2.75, 3.05) is 99.1 Å².